The number of hydrogen-bond donors (Lipinski definition) is 0. The van der Waals surface area contributed by atoms with Gasteiger partial charge in [-0.25, -0.2) is 9.88 Å². The minimum absolute atomic E-state index is 0.00695. The number of fused-ring (bicyclic) bond motifs is 1. The lowest BCUT2D eigenvalue weighted by atomic mass is 9.87. The number of anilines is 1. The van der Waals surface area contributed by atoms with E-state index >= 15 is 0 Å². The summed E-state index contributed by atoms with van der Waals surface area (Å²) in [4.78, 5) is 47.4. The number of imide groups is 1. The summed E-state index contributed by atoms with van der Waals surface area (Å²) in [6.45, 7) is 2.40. The Morgan fingerprint density at radius 2 is 1.82 bits per heavy atom. The van der Waals surface area contributed by atoms with Crippen molar-refractivity contribution in [1.82, 2.24) is 9.88 Å². The molecule has 2 heterocycles. The fraction of sp³-hybridized carbons (Fsp3) is 0.300. The van der Waals surface area contributed by atoms with Gasteiger partial charge in [0, 0.05) is 12.2 Å². The molecule has 0 radical (unpaired) electrons. The van der Waals surface area contributed by atoms with Gasteiger partial charge in [-0.15, -0.1) is 0 Å². The van der Waals surface area contributed by atoms with Crippen molar-refractivity contribution >= 4 is 35.2 Å². The number of para-hydroxylation sites is 1. The van der Waals surface area contributed by atoms with Crippen LogP contribution in [0.5, 0.6) is 0 Å². The van der Waals surface area contributed by atoms with Gasteiger partial charge in [-0.3, -0.25) is 14.4 Å². The van der Waals surface area contributed by atoms with Crippen molar-refractivity contribution in [1.29, 1.82) is 5.26 Å². The zero-order valence-corrected chi connectivity index (χ0v) is 22.0. The van der Waals surface area contributed by atoms with Gasteiger partial charge in [0.05, 0.1) is 23.4 Å². The molecule has 2 aliphatic rings. The molecule has 0 saturated carbocycles. The number of nitrogens with zero attached hydrogens (tertiary/aromatic N) is 4. The first-order valence-corrected chi connectivity index (χ1v) is 13.7. The molecule has 38 heavy (non-hydrogen) atoms. The van der Waals surface area contributed by atoms with Crippen LogP contribution in [0.4, 0.5) is 5.69 Å². The Hall–Kier alpha value is -3.96. The third-order valence-electron chi connectivity index (χ3n) is 7.08. The van der Waals surface area contributed by atoms with Gasteiger partial charge in [0.2, 0.25) is 11.8 Å². The van der Waals surface area contributed by atoms with Crippen molar-refractivity contribution < 1.29 is 14.4 Å². The highest BCUT2D eigenvalue weighted by molar-refractivity contribution is 8.00. The average Bonchev–Trinajstić information content (AvgIpc) is 3.23. The van der Waals surface area contributed by atoms with Crippen LogP contribution in [-0.2, 0) is 33.8 Å². The molecule has 3 aromatic rings. The monoisotopic (exact) mass is 524 g/mol. The van der Waals surface area contributed by atoms with Gasteiger partial charge in [0.1, 0.15) is 17.1 Å². The van der Waals surface area contributed by atoms with Gasteiger partial charge >= 0.3 is 0 Å². The SMILES string of the molecule is CC1CCc2nc(SCC(=O)N(Cc3ccccc3)C3CC(=O)N(c4ccccc4)C3=O)c(C#N)cc2C1. The summed E-state index contributed by atoms with van der Waals surface area (Å²) in [5.74, 6) is -0.453. The molecule has 8 heteroatoms. The molecule has 1 aromatic heterocycles. The van der Waals surface area contributed by atoms with E-state index in [1.165, 1.54) is 21.6 Å². The topological polar surface area (TPSA) is 94.4 Å². The molecule has 1 aliphatic heterocycles. The predicted molar refractivity (Wildman–Crippen MR) is 145 cm³/mol. The zero-order valence-electron chi connectivity index (χ0n) is 21.2. The minimum Gasteiger partial charge on any atom is -0.325 e. The number of benzene rings is 2. The van der Waals surface area contributed by atoms with Crippen molar-refractivity contribution in [2.24, 2.45) is 5.92 Å². The summed E-state index contributed by atoms with van der Waals surface area (Å²) < 4.78 is 0. The first-order valence-electron chi connectivity index (χ1n) is 12.8. The number of carbonyl (C=O) groups is 3. The normalized spacial score (nSPS) is 18.7. The van der Waals surface area contributed by atoms with Crippen LogP contribution in [0.25, 0.3) is 0 Å². The summed E-state index contributed by atoms with van der Waals surface area (Å²) in [5, 5.41) is 10.3. The molecule has 0 spiro atoms. The van der Waals surface area contributed by atoms with E-state index in [1.807, 2.05) is 42.5 Å². The van der Waals surface area contributed by atoms with Crippen LogP contribution in [0, 0.1) is 17.2 Å². The Balaban J connectivity index is 1.39. The maximum absolute atomic E-state index is 13.6. The molecular formula is C30H28N4O3S. The first-order chi connectivity index (χ1) is 18.4. The Morgan fingerprint density at radius 3 is 2.53 bits per heavy atom. The Morgan fingerprint density at radius 1 is 1.11 bits per heavy atom. The van der Waals surface area contributed by atoms with Crippen molar-refractivity contribution in [2.45, 2.75) is 50.2 Å². The second-order valence-corrected chi connectivity index (χ2v) is 10.8. The number of aromatic nitrogens is 1. The smallest absolute Gasteiger partial charge is 0.257 e. The number of pyridine rings is 1. The van der Waals surface area contributed by atoms with E-state index in [0.29, 0.717) is 22.2 Å². The molecule has 2 atom stereocenters. The molecule has 2 aromatic carbocycles. The molecule has 1 fully saturated rings. The average molecular weight is 525 g/mol. The van der Waals surface area contributed by atoms with Gasteiger partial charge in [0.25, 0.3) is 5.91 Å². The quantitative estimate of drug-likeness (QED) is 0.333. The van der Waals surface area contributed by atoms with E-state index in [2.05, 4.69) is 13.0 Å². The molecule has 7 nitrogen and oxygen atoms in total. The summed E-state index contributed by atoms with van der Waals surface area (Å²) in [7, 11) is 0. The van der Waals surface area contributed by atoms with Crippen LogP contribution in [0.2, 0.25) is 0 Å². The van der Waals surface area contributed by atoms with Crippen LogP contribution >= 0.6 is 11.8 Å². The lowest BCUT2D eigenvalue weighted by Crippen LogP contribution is -2.45. The number of hydrogen-bond acceptors (Lipinski definition) is 6. The van der Waals surface area contributed by atoms with E-state index in [4.69, 9.17) is 4.98 Å². The fourth-order valence-corrected chi connectivity index (χ4v) is 5.95. The van der Waals surface area contributed by atoms with Crippen molar-refractivity contribution in [3.8, 4) is 6.07 Å². The van der Waals surface area contributed by atoms with Gasteiger partial charge in [0.15, 0.2) is 0 Å². The van der Waals surface area contributed by atoms with Crippen LogP contribution in [0.3, 0.4) is 0 Å². The maximum atomic E-state index is 13.6. The Kier molecular flexibility index (Phi) is 7.57. The highest BCUT2D eigenvalue weighted by Gasteiger charge is 2.44. The van der Waals surface area contributed by atoms with E-state index in [1.54, 1.807) is 24.3 Å². The summed E-state index contributed by atoms with van der Waals surface area (Å²) >= 11 is 1.22. The van der Waals surface area contributed by atoms with E-state index in [9.17, 15) is 19.6 Å². The lowest BCUT2D eigenvalue weighted by molar-refractivity contribution is -0.136. The Labute approximate surface area is 226 Å². The van der Waals surface area contributed by atoms with Crippen molar-refractivity contribution in [3.05, 3.63) is 89.1 Å². The standard InChI is InChI=1S/C30H28N4O3S/c1-20-12-13-25-22(14-20)15-23(17-31)29(32-25)38-19-28(36)33(18-21-8-4-2-5-9-21)26-16-27(35)34(30(26)37)24-10-6-3-7-11-24/h2-11,15,20,26H,12-14,16,18-19H2,1H3. The maximum Gasteiger partial charge on any atom is 0.257 e. The summed E-state index contributed by atoms with van der Waals surface area (Å²) in [5.41, 5.74) is 3.93. The van der Waals surface area contributed by atoms with Gasteiger partial charge in [-0.1, -0.05) is 67.2 Å². The molecule has 1 saturated heterocycles. The predicted octanol–water partition coefficient (Wildman–Crippen LogP) is 4.53. The number of thioether (sulfide) groups is 1. The highest BCUT2D eigenvalue weighted by Crippen LogP contribution is 2.31. The number of rotatable bonds is 7. The fourth-order valence-electron chi connectivity index (χ4n) is 5.09. The lowest BCUT2D eigenvalue weighted by Gasteiger charge is -2.28. The highest BCUT2D eigenvalue weighted by atomic mass is 32.2. The molecule has 3 amide bonds. The minimum atomic E-state index is -0.899. The van der Waals surface area contributed by atoms with E-state index < -0.39 is 11.9 Å². The van der Waals surface area contributed by atoms with Crippen LogP contribution in [-0.4, -0.2) is 39.4 Å². The second-order valence-electron chi connectivity index (χ2n) is 9.83. The third-order valence-corrected chi connectivity index (χ3v) is 8.06. The second kappa shape index (κ2) is 11.2. The molecule has 192 valence electrons. The Bertz CT molecular complexity index is 1400. The molecule has 0 bridgehead atoms. The number of nitriles is 1. The largest absolute Gasteiger partial charge is 0.325 e. The van der Waals surface area contributed by atoms with Crippen LogP contribution in [0.15, 0.2) is 71.8 Å². The van der Waals surface area contributed by atoms with Gasteiger partial charge < -0.3 is 4.90 Å². The van der Waals surface area contributed by atoms with E-state index in [-0.39, 0.29) is 30.5 Å². The molecule has 2 unspecified atom stereocenters. The third kappa shape index (κ3) is 5.34. The van der Waals surface area contributed by atoms with Gasteiger partial charge in [-0.05, 0) is 54.5 Å². The molecule has 5 rings (SSSR count). The van der Waals surface area contributed by atoms with Crippen molar-refractivity contribution in [3.63, 3.8) is 0 Å². The van der Waals surface area contributed by atoms with Gasteiger partial charge in [-0.2, -0.15) is 5.26 Å². The summed E-state index contributed by atoms with van der Waals surface area (Å²) in [6, 6.07) is 21.4. The van der Waals surface area contributed by atoms with Crippen LogP contribution < -0.4 is 4.90 Å². The molecule has 0 N–H and O–H groups in total. The first kappa shape index (κ1) is 25.7. The van der Waals surface area contributed by atoms with Crippen LogP contribution in [0.1, 0.15) is 42.1 Å². The molecular weight excluding hydrogens is 496 g/mol. The number of carbonyl (C=O) groups excluding carboxylic acids is 3. The summed E-state index contributed by atoms with van der Waals surface area (Å²) in [6.07, 6.45) is 2.74. The number of aryl methyl sites for hydroxylation is 1. The van der Waals surface area contributed by atoms with Crippen molar-refractivity contribution in [2.75, 3.05) is 10.7 Å². The van der Waals surface area contributed by atoms with E-state index in [0.717, 1.165) is 36.1 Å². The molecule has 1 aliphatic carbocycles. The number of amides is 3. The zero-order chi connectivity index (χ0) is 26.6.